The lowest BCUT2D eigenvalue weighted by atomic mass is 10.0. The van der Waals surface area contributed by atoms with E-state index < -0.39 is 0 Å². The SMILES string of the molecule is CNCCC[C@@H](CNC(=O)[C@H](Cc1ccc(OC)cc1)NC)NC. The van der Waals surface area contributed by atoms with Gasteiger partial charge in [-0.3, -0.25) is 4.79 Å². The zero-order valence-corrected chi connectivity index (χ0v) is 15.3. The molecule has 4 N–H and O–H groups in total. The molecule has 136 valence electrons. The van der Waals surface area contributed by atoms with Crippen molar-refractivity contribution in [2.24, 2.45) is 0 Å². The van der Waals surface area contributed by atoms with E-state index in [1.807, 2.05) is 45.4 Å². The number of carbonyl (C=O) groups is 1. The van der Waals surface area contributed by atoms with Crippen LogP contribution in [0.3, 0.4) is 0 Å². The van der Waals surface area contributed by atoms with Gasteiger partial charge in [0.15, 0.2) is 0 Å². The molecule has 0 aliphatic heterocycles. The predicted molar refractivity (Wildman–Crippen MR) is 98.6 cm³/mol. The minimum absolute atomic E-state index is 0.0298. The first-order valence-corrected chi connectivity index (χ1v) is 8.54. The normalized spacial score (nSPS) is 13.3. The first-order valence-electron chi connectivity index (χ1n) is 8.54. The molecule has 24 heavy (non-hydrogen) atoms. The van der Waals surface area contributed by atoms with E-state index in [1.54, 1.807) is 7.11 Å². The van der Waals surface area contributed by atoms with Crippen molar-refractivity contribution in [3.8, 4) is 5.75 Å². The lowest BCUT2D eigenvalue weighted by Crippen LogP contribution is -2.48. The third-order valence-corrected chi connectivity index (χ3v) is 4.17. The van der Waals surface area contributed by atoms with Gasteiger partial charge in [0.1, 0.15) is 5.75 Å². The predicted octanol–water partition coefficient (Wildman–Crippen LogP) is 0.530. The highest BCUT2D eigenvalue weighted by Gasteiger charge is 2.18. The molecule has 0 radical (unpaired) electrons. The molecule has 0 fully saturated rings. The minimum atomic E-state index is -0.242. The van der Waals surface area contributed by atoms with E-state index in [-0.39, 0.29) is 11.9 Å². The fourth-order valence-corrected chi connectivity index (χ4v) is 2.54. The highest BCUT2D eigenvalue weighted by Crippen LogP contribution is 2.12. The fourth-order valence-electron chi connectivity index (χ4n) is 2.54. The van der Waals surface area contributed by atoms with Crippen LogP contribution in [0.25, 0.3) is 0 Å². The molecule has 0 aromatic heterocycles. The molecule has 1 rings (SSSR count). The van der Waals surface area contributed by atoms with Crippen LogP contribution in [0.15, 0.2) is 24.3 Å². The van der Waals surface area contributed by atoms with E-state index in [0.29, 0.717) is 19.0 Å². The van der Waals surface area contributed by atoms with Gasteiger partial charge in [0.25, 0.3) is 0 Å². The van der Waals surface area contributed by atoms with Gasteiger partial charge in [0, 0.05) is 12.6 Å². The molecule has 0 aliphatic carbocycles. The highest BCUT2D eigenvalue weighted by molar-refractivity contribution is 5.82. The number of likely N-dealkylation sites (N-methyl/N-ethyl adjacent to an activating group) is 2. The van der Waals surface area contributed by atoms with Crippen molar-refractivity contribution in [2.75, 3.05) is 41.3 Å². The Morgan fingerprint density at radius 1 is 1.12 bits per heavy atom. The van der Waals surface area contributed by atoms with Crippen LogP contribution in [0.1, 0.15) is 18.4 Å². The molecule has 0 heterocycles. The monoisotopic (exact) mass is 336 g/mol. The molecule has 6 nitrogen and oxygen atoms in total. The zero-order valence-electron chi connectivity index (χ0n) is 15.3. The summed E-state index contributed by atoms with van der Waals surface area (Å²) in [5.41, 5.74) is 1.10. The van der Waals surface area contributed by atoms with Gasteiger partial charge in [-0.2, -0.15) is 0 Å². The van der Waals surface area contributed by atoms with Gasteiger partial charge in [-0.25, -0.2) is 0 Å². The van der Waals surface area contributed by atoms with Gasteiger partial charge in [-0.1, -0.05) is 12.1 Å². The van der Waals surface area contributed by atoms with Gasteiger partial charge in [0.2, 0.25) is 5.91 Å². The van der Waals surface area contributed by atoms with Crippen LogP contribution in [0.2, 0.25) is 0 Å². The number of carbonyl (C=O) groups excluding carboxylic acids is 1. The number of methoxy groups -OCH3 is 1. The molecular formula is C18H32N4O2. The molecule has 0 saturated heterocycles. The van der Waals surface area contributed by atoms with Crippen molar-refractivity contribution in [1.82, 2.24) is 21.3 Å². The fraction of sp³-hybridized carbons (Fsp3) is 0.611. The Labute approximate surface area is 145 Å². The first kappa shape index (κ1) is 20.4. The number of hydrogen-bond donors (Lipinski definition) is 4. The molecule has 0 saturated carbocycles. The summed E-state index contributed by atoms with van der Waals surface area (Å²) >= 11 is 0. The topological polar surface area (TPSA) is 74.4 Å². The van der Waals surface area contributed by atoms with Crippen molar-refractivity contribution in [2.45, 2.75) is 31.3 Å². The third kappa shape index (κ3) is 7.29. The summed E-state index contributed by atoms with van der Waals surface area (Å²) in [7, 11) is 7.35. The van der Waals surface area contributed by atoms with E-state index >= 15 is 0 Å². The Morgan fingerprint density at radius 3 is 2.38 bits per heavy atom. The summed E-state index contributed by atoms with van der Waals surface area (Å²) in [6.45, 7) is 1.63. The minimum Gasteiger partial charge on any atom is -0.497 e. The van der Waals surface area contributed by atoms with Crippen molar-refractivity contribution in [3.63, 3.8) is 0 Å². The van der Waals surface area contributed by atoms with Crippen molar-refractivity contribution in [1.29, 1.82) is 0 Å². The third-order valence-electron chi connectivity index (χ3n) is 4.17. The molecule has 2 atom stereocenters. The van der Waals surface area contributed by atoms with Crippen LogP contribution in [-0.2, 0) is 11.2 Å². The largest absolute Gasteiger partial charge is 0.497 e. The molecule has 1 aromatic carbocycles. The van der Waals surface area contributed by atoms with E-state index in [1.165, 1.54) is 0 Å². The zero-order chi connectivity index (χ0) is 17.8. The maximum atomic E-state index is 12.4. The smallest absolute Gasteiger partial charge is 0.237 e. The second kappa shape index (κ2) is 11.8. The van der Waals surface area contributed by atoms with E-state index in [4.69, 9.17) is 4.74 Å². The molecule has 0 bridgehead atoms. The van der Waals surface area contributed by atoms with Crippen molar-refractivity contribution < 1.29 is 9.53 Å². The van der Waals surface area contributed by atoms with Crippen LogP contribution in [0.4, 0.5) is 0 Å². The van der Waals surface area contributed by atoms with Crippen LogP contribution in [0, 0.1) is 0 Å². The van der Waals surface area contributed by atoms with Crippen LogP contribution >= 0.6 is 0 Å². The number of benzene rings is 1. The molecule has 0 unspecified atom stereocenters. The van der Waals surface area contributed by atoms with Gasteiger partial charge in [-0.15, -0.1) is 0 Å². The number of amides is 1. The Balaban J connectivity index is 2.46. The average Bonchev–Trinajstić information content (AvgIpc) is 2.62. The summed E-state index contributed by atoms with van der Waals surface area (Å²) in [4.78, 5) is 12.4. The summed E-state index contributed by atoms with van der Waals surface area (Å²) in [6.07, 6.45) is 2.76. The van der Waals surface area contributed by atoms with Crippen molar-refractivity contribution in [3.05, 3.63) is 29.8 Å². The van der Waals surface area contributed by atoms with Gasteiger partial charge < -0.3 is 26.0 Å². The van der Waals surface area contributed by atoms with Crippen LogP contribution < -0.4 is 26.0 Å². The molecule has 0 spiro atoms. The second-order valence-electron chi connectivity index (χ2n) is 5.87. The number of nitrogens with one attached hydrogen (secondary N) is 4. The lowest BCUT2D eigenvalue weighted by Gasteiger charge is -2.20. The van der Waals surface area contributed by atoms with E-state index in [9.17, 15) is 4.79 Å². The standard InChI is InChI=1S/C18H32N4O2/c1-19-11-5-6-15(20-2)13-22-18(23)17(21-3)12-14-7-9-16(24-4)10-8-14/h7-10,15,17,19-21H,5-6,11-13H2,1-4H3,(H,22,23)/t15-,17-/m0/s1. The summed E-state index contributed by atoms with van der Waals surface area (Å²) < 4.78 is 5.16. The molecule has 1 aromatic rings. The summed E-state index contributed by atoms with van der Waals surface area (Å²) in [6, 6.07) is 7.86. The first-order chi connectivity index (χ1) is 11.6. The number of ether oxygens (including phenoxy) is 1. The molecule has 1 amide bonds. The highest BCUT2D eigenvalue weighted by atomic mass is 16.5. The van der Waals surface area contributed by atoms with E-state index in [2.05, 4.69) is 21.3 Å². The Morgan fingerprint density at radius 2 is 1.83 bits per heavy atom. The average molecular weight is 336 g/mol. The molecular weight excluding hydrogens is 304 g/mol. The van der Waals surface area contributed by atoms with Gasteiger partial charge in [-0.05, 0) is 64.6 Å². The van der Waals surface area contributed by atoms with Gasteiger partial charge >= 0.3 is 0 Å². The number of rotatable bonds is 12. The van der Waals surface area contributed by atoms with Gasteiger partial charge in [0.05, 0.1) is 13.2 Å². The quantitative estimate of drug-likeness (QED) is 0.419. The second-order valence-corrected chi connectivity index (χ2v) is 5.87. The van der Waals surface area contributed by atoms with E-state index in [0.717, 1.165) is 30.7 Å². The summed E-state index contributed by atoms with van der Waals surface area (Å²) in [5, 5.41) is 12.5. The lowest BCUT2D eigenvalue weighted by molar-refractivity contribution is -0.123. The summed E-state index contributed by atoms with van der Waals surface area (Å²) in [5.74, 6) is 0.852. The molecule has 0 aliphatic rings. The van der Waals surface area contributed by atoms with Crippen LogP contribution in [0.5, 0.6) is 5.75 Å². The Bertz CT molecular complexity index is 465. The molecule has 6 heteroatoms. The Kier molecular flexibility index (Phi) is 10.1. The maximum absolute atomic E-state index is 12.4. The van der Waals surface area contributed by atoms with Crippen molar-refractivity contribution >= 4 is 5.91 Å². The van der Waals surface area contributed by atoms with Crippen LogP contribution in [-0.4, -0.2) is 59.3 Å². The maximum Gasteiger partial charge on any atom is 0.237 e. The Hall–Kier alpha value is -1.63. The number of hydrogen-bond acceptors (Lipinski definition) is 5.